The summed E-state index contributed by atoms with van der Waals surface area (Å²) in [7, 11) is 0. The van der Waals surface area contributed by atoms with Gasteiger partial charge >= 0.3 is 0 Å². The van der Waals surface area contributed by atoms with Gasteiger partial charge in [-0.15, -0.1) is 0 Å². The summed E-state index contributed by atoms with van der Waals surface area (Å²) in [5.74, 6) is 0.0998. The average Bonchev–Trinajstić information content (AvgIpc) is 3.14. The van der Waals surface area contributed by atoms with E-state index in [1.54, 1.807) is 0 Å². The second kappa shape index (κ2) is 5.29. The summed E-state index contributed by atoms with van der Waals surface area (Å²) < 4.78 is 0. The van der Waals surface area contributed by atoms with E-state index in [4.69, 9.17) is 11.6 Å². The highest BCUT2D eigenvalue weighted by Crippen LogP contribution is 2.38. The molecule has 1 saturated carbocycles. The average molecular weight is 307 g/mol. The van der Waals surface area contributed by atoms with Crippen LogP contribution in [-0.4, -0.2) is 36.0 Å². The van der Waals surface area contributed by atoms with E-state index in [1.807, 2.05) is 38.1 Å². The Kier molecular flexibility index (Phi) is 3.74. The molecular formula is C17H23ClN2O. The molecule has 1 aliphatic carbocycles. The first-order valence-corrected chi connectivity index (χ1v) is 8.10. The van der Waals surface area contributed by atoms with Gasteiger partial charge in [0.2, 0.25) is 5.91 Å². The molecule has 0 bridgehead atoms. The molecule has 2 fully saturated rings. The quantitative estimate of drug-likeness (QED) is 0.907. The number of nitrogens with one attached hydrogen (secondary N) is 1. The number of amides is 1. The van der Waals surface area contributed by atoms with Gasteiger partial charge in [0, 0.05) is 11.6 Å². The van der Waals surface area contributed by atoms with Gasteiger partial charge in [0.25, 0.3) is 0 Å². The van der Waals surface area contributed by atoms with Gasteiger partial charge < -0.3 is 10.2 Å². The predicted molar refractivity (Wildman–Crippen MR) is 85.6 cm³/mol. The van der Waals surface area contributed by atoms with Crippen LogP contribution in [-0.2, 0) is 10.2 Å². The van der Waals surface area contributed by atoms with Gasteiger partial charge in [0.1, 0.15) is 0 Å². The maximum Gasteiger partial charge on any atom is 0.230 e. The smallest absolute Gasteiger partial charge is 0.230 e. The van der Waals surface area contributed by atoms with Crippen LogP contribution >= 0.6 is 11.6 Å². The Balaban J connectivity index is 1.69. The predicted octanol–water partition coefficient (Wildman–Crippen LogP) is 2.97. The van der Waals surface area contributed by atoms with E-state index >= 15 is 0 Å². The first-order valence-electron chi connectivity index (χ1n) is 7.72. The second-order valence-electron chi connectivity index (χ2n) is 7.00. The van der Waals surface area contributed by atoms with E-state index in [2.05, 4.69) is 10.2 Å². The fourth-order valence-electron chi connectivity index (χ4n) is 2.85. The molecule has 4 heteroatoms. The molecule has 3 nitrogen and oxygen atoms in total. The molecule has 21 heavy (non-hydrogen) atoms. The molecule has 1 amide bonds. The van der Waals surface area contributed by atoms with Gasteiger partial charge in [0.05, 0.1) is 11.0 Å². The van der Waals surface area contributed by atoms with Crippen molar-refractivity contribution in [1.29, 1.82) is 0 Å². The maximum atomic E-state index is 12.7. The molecule has 0 spiro atoms. The number of carbonyl (C=O) groups excluding carboxylic acids is 1. The third-order valence-corrected chi connectivity index (χ3v) is 5.06. The Morgan fingerprint density at radius 1 is 1.38 bits per heavy atom. The minimum absolute atomic E-state index is 0.0212. The SMILES string of the molecule is CC(C)(C(=O)NC1(CN2CCC2)CC1)c1cccc(Cl)c1. The topological polar surface area (TPSA) is 32.3 Å². The normalized spacial score (nSPS) is 20.7. The van der Waals surface area contributed by atoms with E-state index in [-0.39, 0.29) is 11.4 Å². The summed E-state index contributed by atoms with van der Waals surface area (Å²) >= 11 is 6.06. The number of hydrogen-bond donors (Lipinski definition) is 1. The number of rotatable bonds is 5. The Morgan fingerprint density at radius 2 is 2.10 bits per heavy atom. The van der Waals surface area contributed by atoms with Crippen LogP contribution in [0.25, 0.3) is 0 Å². The summed E-state index contributed by atoms with van der Waals surface area (Å²) in [4.78, 5) is 15.2. The summed E-state index contributed by atoms with van der Waals surface area (Å²) in [6.45, 7) is 7.29. The second-order valence-corrected chi connectivity index (χ2v) is 7.44. The Hall–Kier alpha value is -1.06. The van der Waals surface area contributed by atoms with Gasteiger partial charge in [0.15, 0.2) is 0 Å². The third-order valence-electron chi connectivity index (χ3n) is 4.82. The van der Waals surface area contributed by atoms with E-state index in [9.17, 15) is 4.79 Å². The minimum Gasteiger partial charge on any atom is -0.349 e. The first-order chi connectivity index (χ1) is 9.91. The maximum absolute atomic E-state index is 12.7. The zero-order chi connectivity index (χ0) is 15.1. The van der Waals surface area contributed by atoms with Crippen molar-refractivity contribution in [3.63, 3.8) is 0 Å². The van der Waals surface area contributed by atoms with E-state index in [1.165, 1.54) is 19.5 Å². The van der Waals surface area contributed by atoms with Crippen LogP contribution in [0.3, 0.4) is 0 Å². The Bertz CT molecular complexity index is 547. The van der Waals surface area contributed by atoms with Crippen molar-refractivity contribution in [1.82, 2.24) is 10.2 Å². The molecule has 1 saturated heterocycles. The molecule has 114 valence electrons. The lowest BCUT2D eigenvalue weighted by molar-refractivity contribution is -0.126. The van der Waals surface area contributed by atoms with Crippen LogP contribution in [0.15, 0.2) is 24.3 Å². The molecule has 2 aliphatic rings. The highest BCUT2D eigenvalue weighted by molar-refractivity contribution is 6.30. The van der Waals surface area contributed by atoms with Crippen LogP contribution in [0.5, 0.6) is 0 Å². The molecule has 1 aromatic rings. The molecule has 1 aliphatic heterocycles. The fraction of sp³-hybridized carbons (Fsp3) is 0.588. The molecule has 3 rings (SSSR count). The number of likely N-dealkylation sites (tertiary alicyclic amines) is 1. The molecule has 1 heterocycles. The van der Waals surface area contributed by atoms with E-state index in [0.717, 1.165) is 24.9 Å². The zero-order valence-corrected chi connectivity index (χ0v) is 13.5. The van der Waals surface area contributed by atoms with Crippen LogP contribution in [0.4, 0.5) is 0 Å². The van der Waals surface area contributed by atoms with Gasteiger partial charge in [-0.3, -0.25) is 4.79 Å². The van der Waals surface area contributed by atoms with Gasteiger partial charge in [-0.2, -0.15) is 0 Å². The standard InChI is InChI=1S/C17H23ClN2O/c1-16(2,13-5-3-6-14(18)11-13)15(21)19-17(7-8-17)12-20-9-4-10-20/h3,5-6,11H,4,7-10,12H2,1-2H3,(H,19,21). The van der Waals surface area contributed by atoms with E-state index in [0.29, 0.717) is 5.02 Å². The van der Waals surface area contributed by atoms with Crippen LogP contribution in [0, 0.1) is 0 Å². The minimum atomic E-state index is -0.560. The molecule has 0 radical (unpaired) electrons. The largest absolute Gasteiger partial charge is 0.349 e. The van der Waals surface area contributed by atoms with E-state index < -0.39 is 5.41 Å². The van der Waals surface area contributed by atoms with Crippen LogP contribution in [0.2, 0.25) is 5.02 Å². The highest BCUT2D eigenvalue weighted by atomic mass is 35.5. The number of benzene rings is 1. The summed E-state index contributed by atoms with van der Waals surface area (Å²) in [6.07, 6.45) is 3.49. The molecule has 0 aromatic heterocycles. The van der Waals surface area contributed by atoms with Crippen molar-refractivity contribution < 1.29 is 4.79 Å². The van der Waals surface area contributed by atoms with Crippen LogP contribution in [0.1, 0.15) is 38.7 Å². The number of halogens is 1. The number of carbonyl (C=O) groups is 1. The lowest BCUT2D eigenvalue weighted by Crippen LogP contribution is -2.53. The molecule has 0 atom stereocenters. The van der Waals surface area contributed by atoms with Crippen molar-refractivity contribution in [3.8, 4) is 0 Å². The number of nitrogens with zero attached hydrogens (tertiary/aromatic N) is 1. The number of hydrogen-bond acceptors (Lipinski definition) is 2. The monoisotopic (exact) mass is 306 g/mol. The lowest BCUT2D eigenvalue weighted by atomic mass is 9.83. The first kappa shape index (κ1) is 14.9. The molecule has 1 aromatic carbocycles. The summed E-state index contributed by atoms with van der Waals surface area (Å²) in [5, 5.41) is 3.98. The van der Waals surface area contributed by atoms with Crippen molar-refractivity contribution in [2.45, 2.75) is 44.1 Å². The van der Waals surface area contributed by atoms with Gasteiger partial charge in [-0.1, -0.05) is 23.7 Å². The molecular weight excluding hydrogens is 284 g/mol. The molecule has 0 unspecified atom stereocenters. The van der Waals surface area contributed by atoms with Crippen molar-refractivity contribution in [2.24, 2.45) is 0 Å². The van der Waals surface area contributed by atoms with Gasteiger partial charge in [-0.25, -0.2) is 0 Å². The van der Waals surface area contributed by atoms with Crippen LogP contribution < -0.4 is 5.32 Å². The Morgan fingerprint density at radius 3 is 2.62 bits per heavy atom. The summed E-state index contributed by atoms with van der Waals surface area (Å²) in [6, 6.07) is 7.60. The highest BCUT2D eigenvalue weighted by Gasteiger charge is 2.48. The molecule has 1 N–H and O–H groups in total. The van der Waals surface area contributed by atoms with Gasteiger partial charge in [-0.05, 0) is 63.9 Å². The zero-order valence-electron chi connectivity index (χ0n) is 12.8. The third kappa shape index (κ3) is 3.09. The van der Waals surface area contributed by atoms with Crippen molar-refractivity contribution in [2.75, 3.05) is 19.6 Å². The fourth-order valence-corrected chi connectivity index (χ4v) is 3.04. The summed E-state index contributed by atoms with van der Waals surface area (Å²) in [5.41, 5.74) is 0.426. The van der Waals surface area contributed by atoms with Crippen molar-refractivity contribution >= 4 is 17.5 Å². The van der Waals surface area contributed by atoms with Crippen molar-refractivity contribution in [3.05, 3.63) is 34.9 Å². The Labute approximate surface area is 131 Å². The lowest BCUT2D eigenvalue weighted by Gasteiger charge is -2.36.